The topological polar surface area (TPSA) is 33.3 Å². The summed E-state index contributed by atoms with van der Waals surface area (Å²) in [5, 5.41) is 3.44. The molecule has 28 heavy (non-hydrogen) atoms. The molecule has 1 saturated heterocycles. The molecule has 2 N–H and O–H groups in total. The second-order valence-electron chi connectivity index (χ2n) is 6.60. The summed E-state index contributed by atoms with van der Waals surface area (Å²) in [5.41, 5.74) is 3.65. The lowest BCUT2D eigenvalue weighted by Gasteiger charge is -2.39. The number of piperidine rings is 1. The number of hydrogen-bond acceptors (Lipinski definition) is 4. The minimum Gasteiger partial charge on any atom is -0.366 e. The second-order valence-corrected chi connectivity index (χ2v) is 7.56. The van der Waals surface area contributed by atoms with Crippen LogP contribution in [0.3, 0.4) is 0 Å². The van der Waals surface area contributed by atoms with Crippen molar-refractivity contribution in [1.82, 2.24) is 10.0 Å². The largest absolute Gasteiger partial charge is 0.366 e. The molecule has 0 aliphatic carbocycles. The van der Waals surface area contributed by atoms with Gasteiger partial charge in [0.15, 0.2) is 0 Å². The first kappa shape index (κ1) is 22.7. The van der Waals surface area contributed by atoms with Gasteiger partial charge in [-0.25, -0.2) is 0 Å². The Morgan fingerprint density at radius 2 is 1.89 bits per heavy atom. The predicted octanol–water partition coefficient (Wildman–Crippen LogP) is 5.53. The van der Waals surface area contributed by atoms with Crippen molar-refractivity contribution < 1.29 is 4.74 Å². The van der Waals surface area contributed by atoms with Crippen LogP contribution >= 0.6 is 11.9 Å². The first-order valence-electron chi connectivity index (χ1n) is 10.3. The SMILES string of the molecule is C=C/C=C\C=C1/COC2(C=C1c1ccc(SNCC)cc1)CCNCC2.CC. The van der Waals surface area contributed by atoms with Crippen molar-refractivity contribution in [2.45, 2.75) is 44.1 Å². The van der Waals surface area contributed by atoms with Crippen LogP contribution in [0.1, 0.15) is 39.2 Å². The molecule has 2 aliphatic heterocycles. The van der Waals surface area contributed by atoms with Crippen LogP contribution in [0, 0.1) is 0 Å². The molecule has 0 bridgehead atoms. The number of hydrogen-bond donors (Lipinski definition) is 2. The monoisotopic (exact) mass is 398 g/mol. The number of ether oxygens (including phenoxy) is 1. The van der Waals surface area contributed by atoms with Crippen molar-refractivity contribution in [2.24, 2.45) is 0 Å². The van der Waals surface area contributed by atoms with Gasteiger partial charge in [0.2, 0.25) is 0 Å². The maximum Gasteiger partial charge on any atom is 0.0900 e. The summed E-state index contributed by atoms with van der Waals surface area (Å²) in [7, 11) is 0. The summed E-state index contributed by atoms with van der Waals surface area (Å²) in [5.74, 6) is 0. The van der Waals surface area contributed by atoms with E-state index < -0.39 is 0 Å². The van der Waals surface area contributed by atoms with E-state index in [4.69, 9.17) is 4.74 Å². The van der Waals surface area contributed by atoms with Crippen LogP contribution in [0.15, 0.2) is 71.7 Å². The van der Waals surface area contributed by atoms with Gasteiger partial charge in [0.1, 0.15) is 0 Å². The lowest BCUT2D eigenvalue weighted by Crippen LogP contribution is -2.44. The van der Waals surface area contributed by atoms with Gasteiger partial charge in [0.05, 0.1) is 12.2 Å². The minimum atomic E-state index is -0.128. The lowest BCUT2D eigenvalue weighted by molar-refractivity contribution is -0.0198. The van der Waals surface area contributed by atoms with Crippen molar-refractivity contribution in [3.05, 3.63) is 72.4 Å². The van der Waals surface area contributed by atoms with Crippen LogP contribution in [-0.2, 0) is 4.74 Å². The predicted molar refractivity (Wildman–Crippen MR) is 124 cm³/mol. The summed E-state index contributed by atoms with van der Waals surface area (Å²) in [6.45, 7) is 13.5. The molecule has 4 heteroatoms. The highest BCUT2D eigenvalue weighted by Crippen LogP contribution is 2.38. The Balaban J connectivity index is 0.00000136. The summed E-state index contributed by atoms with van der Waals surface area (Å²) >= 11 is 1.68. The van der Waals surface area contributed by atoms with Gasteiger partial charge in [-0.15, -0.1) is 0 Å². The number of benzene rings is 1. The molecule has 0 aromatic heterocycles. The van der Waals surface area contributed by atoms with E-state index in [1.54, 1.807) is 18.0 Å². The molecule has 152 valence electrons. The highest BCUT2D eigenvalue weighted by Gasteiger charge is 2.35. The maximum absolute atomic E-state index is 6.32. The molecule has 0 amide bonds. The Morgan fingerprint density at radius 3 is 2.54 bits per heavy atom. The zero-order chi connectivity index (χ0) is 20.2. The van der Waals surface area contributed by atoms with Gasteiger partial charge >= 0.3 is 0 Å². The number of allylic oxidation sites excluding steroid dienone is 4. The third kappa shape index (κ3) is 6.21. The van der Waals surface area contributed by atoms with E-state index in [1.165, 1.54) is 21.6 Å². The molecule has 3 rings (SSSR count). The van der Waals surface area contributed by atoms with E-state index in [0.717, 1.165) is 32.5 Å². The molecule has 0 radical (unpaired) electrons. The number of rotatable bonds is 6. The molecule has 1 fully saturated rings. The van der Waals surface area contributed by atoms with Crippen molar-refractivity contribution in [3.8, 4) is 0 Å². The normalized spacial score (nSPS) is 20.0. The van der Waals surface area contributed by atoms with Gasteiger partial charge in [-0.3, -0.25) is 4.72 Å². The Bertz CT molecular complexity index is 698. The van der Waals surface area contributed by atoms with Gasteiger partial charge in [0.25, 0.3) is 0 Å². The lowest BCUT2D eigenvalue weighted by atomic mass is 9.83. The fraction of sp³-hybridized carbons (Fsp3) is 0.417. The van der Waals surface area contributed by atoms with Crippen LogP contribution in [0.5, 0.6) is 0 Å². The van der Waals surface area contributed by atoms with Gasteiger partial charge in [-0.1, -0.05) is 63.8 Å². The van der Waals surface area contributed by atoms with Crippen LogP contribution in [0.2, 0.25) is 0 Å². The zero-order valence-electron chi connectivity index (χ0n) is 17.5. The second kappa shape index (κ2) is 12.1. The zero-order valence-corrected chi connectivity index (χ0v) is 18.3. The molecular formula is C24H34N2OS. The van der Waals surface area contributed by atoms with Gasteiger partial charge in [-0.2, -0.15) is 0 Å². The summed E-state index contributed by atoms with van der Waals surface area (Å²) in [4.78, 5) is 1.23. The third-order valence-electron chi connectivity index (χ3n) is 4.76. The highest BCUT2D eigenvalue weighted by atomic mass is 32.2. The van der Waals surface area contributed by atoms with E-state index in [1.807, 2.05) is 26.0 Å². The molecule has 2 heterocycles. The van der Waals surface area contributed by atoms with Gasteiger partial charge in [0, 0.05) is 11.4 Å². The van der Waals surface area contributed by atoms with Crippen molar-refractivity contribution in [2.75, 3.05) is 26.2 Å². The number of nitrogens with one attached hydrogen (secondary N) is 2. The highest BCUT2D eigenvalue weighted by molar-refractivity contribution is 7.97. The summed E-state index contributed by atoms with van der Waals surface area (Å²) in [6.07, 6.45) is 12.3. The van der Waals surface area contributed by atoms with Crippen molar-refractivity contribution >= 4 is 17.5 Å². The molecule has 0 unspecified atom stereocenters. The van der Waals surface area contributed by atoms with E-state index in [9.17, 15) is 0 Å². The van der Waals surface area contributed by atoms with Gasteiger partial charge < -0.3 is 10.1 Å². The van der Waals surface area contributed by atoms with Crippen LogP contribution in [0.4, 0.5) is 0 Å². The average molecular weight is 399 g/mol. The van der Waals surface area contributed by atoms with Crippen molar-refractivity contribution in [1.29, 1.82) is 0 Å². The maximum atomic E-state index is 6.32. The summed E-state index contributed by atoms with van der Waals surface area (Å²) < 4.78 is 9.62. The molecule has 0 atom stereocenters. The molecule has 1 spiro atoms. The Morgan fingerprint density at radius 1 is 1.18 bits per heavy atom. The van der Waals surface area contributed by atoms with E-state index >= 15 is 0 Å². The van der Waals surface area contributed by atoms with Crippen LogP contribution in [0.25, 0.3) is 5.57 Å². The van der Waals surface area contributed by atoms with E-state index in [-0.39, 0.29) is 5.60 Å². The minimum absolute atomic E-state index is 0.128. The van der Waals surface area contributed by atoms with E-state index in [2.05, 4.69) is 60.0 Å². The van der Waals surface area contributed by atoms with Gasteiger partial charge in [-0.05, 0) is 72.8 Å². The summed E-state index contributed by atoms with van der Waals surface area (Å²) in [6, 6.07) is 8.81. The Hall–Kier alpha value is -1.59. The third-order valence-corrected chi connectivity index (χ3v) is 5.70. The molecule has 2 aliphatic rings. The standard InChI is InChI=1S/C22H28N2OS.C2H6/c1-3-5-6-7-19-17-25-22(12-14-23-15-13-22)16-21(19)18-8-10-20(11-9-18)26-24-4-2;1-2/h3,5-11,16,23-24H,1,4,12-15,17H2,2H3;1-2H3/b6-5-,19-7+;. The molecule has 1 aromatic rings. The Kier molecular flexibility index (Phi) is 9.79. The first-order chi connectivity index (χ1) is 13.8. The van der Waals surface area contributed by atoms with Crippen LogP contribution < -0.4 is 10.0 Å². The Labute approximate surface area is 175 Å². The smallest absolute Gasteiger partial charge is 0.0900 e. The molecule has 1 aromatic carbocycles. The average Bonchev–Trinajstić information content (AvgIpc) is 2.76. The van der Waals surface area contributed by atoms with Crippen LogP contribution in [-0.4, -0.2) is 31.8 Å². The quantitative estimate of drug-likeness (QED) is 0.487. The van der Waals surface area contributed by atoms with E-state index in [0.29, 0.717) is 6.61 Å². The fourth-order valence-corrected chi connectivity index (χ4v) is 3.93. The molecular weight excluding hydrogens is 364 g/mol. The van der Waals surface area contributed by atoms with Crippen molar-refractivity contribution in [3.63, 3.8) is 0 Å². The first-order valence-corrected chi connectivity index (χ1v) is 11.1. The molecule has 3 nitrogen and oxygen atoms in total. The molecule has 0 saturated carbocycles. The fourth-order valence-electron chi connectivity index (χ4n) is 3.35.